The summed E-state index contributed by atoms with van der Waals surface area (Å²) in [7, 11) is 1.71. The molecule has 2 rings (SSSR count). The molecule has 16 heavy (non-hydrogen) atoms. The van der Waals surface area contributed by atoms with Crippen molar-refractivity contribution in [1.82, 2.24) is 0 Å². The summed E-state index contributed by atoms with van der Waals surface area (Å²) in [6.45, 7) is 0. The molecule has 0 aliphatic heterocycles. The monoisotopic (exact) mass is 324 g/mol. The van der Waals surface area contributed by atoms with E-state index in [1.54, 1.807) is 7.11 Å². The van der Waals surface area contributed by atoms with Gasteiger partial charge in [0, 0.05) is 9.99 Å². The number of rotatable bonds is 3. The molecule has 0 aliphatic carbocycles. The van der Waals surface area contributed by atoms with Gasteiger partial charge in [0.2, 0.25) is 0 Å². The largest absolute Gasteiger partial charge is 0.496 e. The average Bonchev–Trinajstić information content (AvgIpc) is 2.38. The topological polar surface area (TPSA) is 9.23 Å². The molecule has 2 aromatic carbocycles. The molecule has 1 nitrogen and oxygen atoms in total. The van der Waals surface area contributed by atoms with E-state index in [2.05, 4.69) is 52.9 Å². The minimum absolute atomic E-state index is 0.930. The summed E-state index contributed by atoms with van der Waals surface area (Å²) in [5.41, 5.74) is 3.76. The summed E-state index contributed by atoms with van der Waals surface area (Å²) in [5, 5.41) is 0. The highest BCUT2D eigenvalue weighted by Gasteiger charge is 2.07. The lowest BCUT2D eigenvalue weighted by Crippen LogP contribution is -1.90. The Morgan fingerprint density at radius 2 is 1.56 bits per heavy atom. The van der Waals surface area contributed by atoms with Crippen LogP contribution in [0.15, 0.2) is 48.5 Å². The number of alkyl halides is 1. The van der Waals surface area contributed by atoms with Crippen LogP contribution in [0, 0.1) is 0 Å². The van der Waals surface area contributed by atoms with Crippen LogP contribution >= 0.6 is 22.6 Å². The maximum Gasteiger partial charge on any atom is 0.126 e. The van der Waals surface area contributed by atoms with Gasteiger partial charge in [-0.1, -0.05) is 65.1 Å². The first-order chi connectivity index (χ1) is 7.86. The lowest BCUT2D eigenvalue weighted by Gasteiger charge is -2.11. The molecule has 0 radical (unpaired) electrons. The van der Waals surface area contributed by atoms with Gasteiger partial charge in [-0.3, -0.25) is 0 Å². The molecule has 0 fully saturated rings. The highest BCUT2D eigenvalue weighted by Crippen LogP contribution is 2.32. The third-order valence-corrected chi connectivity index (χ3v) is 3.38. The predicted molar refractivity (Wildman–Crippen MR) is 76.2 cm³/mol. The van der Waals surface area contributed by atoms with Crippen molar-refractivity contribution in [1.29, 1.82) is 0 Å². The lowest BCUT2D eigenvalue weighted by atomic mass is 10.00. The molecule has 0 spiro atoms. The highest BCUT2D eigenvalue weighted by atomic mass is 127. The van der Waals surface area contributed by atoms with Crippen LogP contribution in [0.1, 0.15) is 5.56 Å². The Balaban J connectivity index is 2.58. The Kier molecular flexibility index (Phi) is 3.83. The molecule has 0 heterocycles. The van der Waals surface area contributed by atoms with E-state index in [9.17, 15) is 0 Å². The fourth-order valence-corrected chi connectivity index (χ4v) is 2.43. The standard InChI is InChI=1S/C14H13IO/c1-16-14-9-5-4-8-13(14)12-7-3-2-6-11(12)10-15/h2-9H,10H2,1H3. The molecule has 2 heteroatoms. The summed E-state index contributed by atoms with van der Waals surface area (Å²) < 4.78 is 6.40. The summed E-state index contributed by atoms with van der Waals surface area (Å²) >= 11 is 2.39. The Morgan fingerprint density at radius 3 is 2.25 bits per heavy atom. The Hall–Kier alpha value is -1.03. The van der Waals surface area contributed by atoms with Crippen LogP contribution in [0.5, 0.6) is 5.75 Å². The molecule has 2 aromatic rings. The molecule has 0 aliphatic rings. The minimum atomic E-state index is 0.930. The van der Waals surface area contributed by atoms with E-state index >= 15 is 0 Å². The van der Waals surface area contributed by atoms with Crippen LogP contribution < -0.4 is 4.74 Å². The van der Waals surface area contributed by atoms with Crippen molar-refractivity contribution in [3.63, 3.8) is 0 Å². The van der Waals surface area contributed by atoms with Crippen molar-refractivity contribution < 1.29 is 4.74 Å². The first-order valence-corrected chi connectivity index (χ1v) is 6.66. The van der Waals surface area contributed by atoms with E-state index < -0.39 is 0 Å². The zero-order valence-electron chi connectivity index (χ0n) is 9.11. The Morgan fingerprint density at radius 1 is 0.938 bits per heavy atom. The molecule has 0 atom stereocenters. The van der Waals surface area contributed by atoms with Crippen LogP contribution in [0.3, 0.4) is 0 Å². The predicted octanol–water partition coefficient (Wildman–Crippen LogP) is 4.30. The smallest absolute Gasteiger partial charge is 0.126 e. The first kappa shape index (κ1) is 11.5. The number of benzene rings is 2. The van der Waals surface area contributed by atoms with Gasteiger partial charge < -0.3 is 4.74 Å². The summed E-state index contributed by atoms with van der Waals surface area (Å²) in [4.78, 5) is 0. The molecule has 0 N–H and O–H groups in total. The molecule has 0 unspecified atom stereocenters. The van der Waals surface area contributed by atoms with Crippen LogP contribution in [0.4, 0.5) is 0 Å². The molecule has 0 aromatic heterocycles. The van der Waals surface area contributed by atoms with Crippen LogP contribution in [-0.4, -0.2) is 7.11 Å². The van der Waals surface area contributed by atoms with Gasteiger partial charge in [0.25, 0.3) is 0 Å². The van der Waals surface area contributed by atoms with Crippen molar-refractivity contribution in [3.8, 4) is 16.9 Å². The van der Waals surface area contributed by atoms with Crippen LogP contribution in [0.25, 0.3) is 11.1 Å². The third kappa shape index (κ3) is 2.21. The fourth-order valence-electron chi connectivity index (χ4n) is 1.77. The summed E-state index contributed by atoms with van der Waals surface area (Å²) in [5.74, 6) is 0.930. The maximum atomic E-state index is 5.40. The quantitative estimate of drug-likeness (QED) is 0.604. The fraction of sp³-hybridized carbons (Fsp3) is 0.143. The molecular weight excluding hydrogens is 311 g/mol. The maximum absolute atomic E-state index is 5.40. The van der Waals surface area contributed by atoms with Gasteiger partial charge in [0.1, 0.15) is 5.75 Å². The highest BCUT2D eigenvalue weighted by molar-refractivity contribution is 14.1. The second-order valence-corrected chi connectivity index (χ2v) is 4.25. The third-order valence-electron chi connectivity index (χ3n) is 2.56. The van der Waals surface area contributed by atoms with Gasteiger partial charge in [0.05, 0.1) is 7.11 Å². The molecule has 0 saturated heterocycles. The van der Waals surface area contributed by atoms with Gasteiger partial charge in [0.15, 0.2) is 0 Å². The van der Waals surface area contributed by atoms with Gasteiger partial charge in [-0.25, -0.2) is 0 Å². The van der Waals surface area contributed by atoms with Crippen LogP contribution in [-0.2, 0) is 4.43 Å². The van der Waals surface area contributed by atoms with E-state index in [0.717, 1.165) is 15.7 Å². The van der Waals surface area contributed by atoms with E-state index in [4.69, 9.17) is 4.74 Å². The average molecular weight is 324 g/mol. The minimum Gasteiger partial charge on any atom is -0.496 e. The van der Waals surface area contributed by atoms with Gasteiger partial charge >= 0.3 is 0 Å². The zero-order valence-corrected chi connectivity index (χ0v) is 11.3. The molecule has 0 saturated carbocycles. The van der Waals surface area contributed by atoms with Crippen molar-refractivity contribution in [2.24, 2.45) is 0 Å². The van der Waals surface area contributed by atoms with Crippen molar-refractivity contribution in [3.05, 3.63) is 54.1 Å². The number of hydrogen-bond acceptors (Lipinski definition) is 1. The van der Waals surface area contributed by atoms with Gasteiger partial charge in [-0.05, 0) is 17.2 Å². The molecular formula is C14H13IO. The zero-order chi connectivity index (χ0) is 11.4. The SMILES string of the molecule is COc1ccccc1-c1ccccc1CI. The van der Waals surface area contributed by atoms with Gasteiger partial charge in [-0.2, -0.15) is 0 Å². The first-order valence-electron chi connectivity index (χ1n) is 5.14. The Bertz CT molecular complexity index is 434. The van der Waals surface area contributed by atoms with E-state index in [-0.39, 0.29) is 0 Å². The number of hydrogen-bond donors (Lipinski definition) is 0. The number of ether oxygens (including phenoxy) is 1. The second-order valence-electron chi connectivity index (χ2n) is 3.49. The molecule has 0 bridgehead atoms. The van der Waals surface area contributed by atoms with Crippen molar-refractivity contribution in [2.45, 2.75) is 4.43 Å². The Labute approximate surface area is 110 Å². The summed E-state index contributed by atoms with van der Waals surface area (Å²) in [6.07, 6.45) is 0. The van der Waals surface area contributed by atoms with E-state index in [0.29, 0.717) is 0 Å². The second kappa shape index (κ2) is 5.34. The summed E-state index contributed by atoms with van der Waals surface area (Å²) in [6, 6.07) is 16.6. The lowest BCUT2D eigenvalue weighted by molar-refractivity contribution is 0.416. The molecule has 82 valence electrons. The van der Waals surface area contributed by atoms with Gasteiger partial charge in [-0.15, -0.1) is 0 Å². The van der Waals surface area contributed by atoms with Crippen molar-refractivity contribution >= 4 is 22.6 Å². The van der Waals surface area contributed by atoms with Crippen LogP contribution in [0.2, 0.25) is 0 Å². The number of methoxy groups -OCH3 is 1. The van der Waals surface area contributed by atoms with Crippen molar-refractivity contribution in [2.75, 3.05) is 7.11 Å². The number of halogens is 1. The normalized spacial score (nSPS) is 10.1. The molecule has 0 amide bonds. The van der Waals surface area contributed by atoms with E-state index in [1.807, 2.05) is 18.2 Å². The number of para-hydroxylation sites is 1. The van der Waals surface area contributed by atoms with E-state index in [1.165, 1.54) is 11.1 Å².